The molecular formula is C13H14N2O4. The molecule has 0 aromatic heterocycles. The summed E-state index contributed by atoms with van der Waals surface area (Å²) in [6.45, 7) is 6.96. The second kappa shape index (κ2) is 4.79. The molecule has 0 spiro atoms. The van der Waals surface area contributed by atoms with Gasteiger partial charge in [0.25, 0.3) is 0 Å². The molecule has 0 aromatic rings. The maximum atomic E-state index is 12.1. The van der Waals surface area contributed by atoms with Crippen LogP contribution in [-0.2, 0) is 19.2 Å². The van der Waals surface area contributed by atoms with E-state index >= 15 is 0 Å². The van der Waals surface area contributed by atoms with Crippen molar-refractivity contribution in [1.82, 2.24) is 9.80 Å². The standard InChI is InChI=1S/C13H14N2O4/c1-3-5-14-10(16)8-7-9(11(14)17)13(19)15(6-4-2)12(8)18/h3-4,8-9H,1-2,5-7H2. The Balaban J connectivity index is 2.37. The van der Waals surface area contributed by atoms with Crippen LogP contribution in [0.15, 0.2) is 25.3 Å². The van der Waals surface area contributed by atoms with Crippen LogP contribution in [0.25, 0.3) is 0 Å². The van der Waals surface area contributed by atoms with Crippen molar-refractivity contribution in [2.24, 2.45) is 11.8 Å². The van der Waals surface area contributed by atoms with Crippen LogP contribution in [0, 0.1) is 11.8 Å². The molecule has 0 atom stereocenters. The van der Waals surface area contributed by atoms with E-state index < -0.39 is 35.5 Å². The van der Waals surface area contributed by atoms with Gasteiger partial charge in [0.15, 0.2) is 0 Å². The summed E-state index contributed by atoms with van der Waals surface area (Å²) in [5.41, 5.74) is 0. The maximum absolute atomic E-state index is 12.1. The van der Waals surface area contributed by atoms with Crippen LogP contribution in [0.2, 0.25) is 0 Å². The second-order valence-electron chi connectivity index (χ2n) is 4.49. The maximum Gasteiger partial charge on any atom is 0.242 e. The molecule has 0 radical (unpaired) electrons. The average Bonchev–Trinajstić information content (AvgIpc) is 2.39. The minimum atomic E-state index is -0.944. The first-order valence-electron chi connectivity index (χ1n) is 5.95. The summed E-state index contributed by atoms with van der Waals surface area (Å²) < 4.78 is 0. The Kier molecular flexibility index (Phi) is 3.33. The van der Waals surface area contributed by atoms with Gasteiger partial charge in [-0.05, 0) is 6.42 Å². The molecule has 2 fully saturated rings. The van der Waals surface area contributed by atoms with Crippen LogP contribution >= 0.6 is 0 Å². The molecule has 2 aliphatic rings. The monoisotopic (exact) mass is 262 g/mol. The van der Waals surface area contributed by atoms with Crippen molar-refractivity contribution in [3.63, 3.8) is 0 Å². The van der Waals surface area contributed by atoms with Crippen molar-refractivity contribution in [2.45, 2.75) is 6.42 Å². The van der Waals surface area contributed by atoms with Gasteiger partial charge in [-0.2, -0.15) is 0 Å². The summed E-state index contributed by atoms with van der Waals surface area (Å²) in [6.07, 6.45) is 2.78. The van der Waals surface area contributed by atoms with Gasteiger partial charge < -0.3 is 0 Å². The fraction of sp³-hybridized carbons (Fsp3) is 0.385. The highest BCUT2D eigenvalue weighted by molar-refractivity contribution is 6.21. The number of rotatable bonds is 4. The topological polar surface area (TPSA) is 74.8 Å². The predicted molar refractivity (Wildman–Crippen MR) is 65.4 cm³/mol. The van der Waals surface area contributed by atoms with E-state index in [4.69, 9.17) is 0 Å². The molecule has 19 heavy (non-hydrogen) atoms. The molecule has 2 aliphatic heterocycles. The Bertz CT molecular complexity index is 421. The SMILES string of the molecule is C=CCN1C(=O)C2CC(C1=O)C(=O)N(CC=C)C2=O. The summed E-state index contributed by atoms with van der Waals surface area (Å²) in [7, 11) is 0. The van der Waals surface area contributed by atoms with Gasteiger partial charge in [-0.1, -0.05) is 12.2 Å². The highest BCUT2D eigenvalue weighted by atomic mass is 16.2. The Morgan fingerprint density at radius 1 is 0.842 bits per heavy atom. The normalized spacial score (nSPS) is 26.7. The number of amides is 4. The first kappa shape index (κ1) is 13.2. The molecule has 2 rings (SSSR count). The third kappa shape index (κ3) is 1.89. The van der Waals surface area contributed by atoms with Crippen LogP contribution in [0.3, 0.4) is 0 Å². The number of carbonyl (C=O) groups is 4. The Morgan fingerprint density at radius 3 is 1.42 bits per heavy atom. The van der Waals surface area contributed by atoms with Crippen molar-refractivity contribution >= 4 is 23.6 Å². The van der Waals surface area contributed by atoms with Crippen molar-refractivity contribution in [3.8, 4) is 0 Å². The van der Waals surface area contributed by atoms with Crippen molar-refractivity contribution < 1.29 is 19.2 Å². The molecule has 6 heteroatoms. The molecule has 2 saturated heterocycles. The molecule has 0 aliphatic carbocycles. The fourth-order valence-electron chi connectivity index (χ4n) is 2.44. The Morgan fingerprint density at radius 2 is 1.16 bits per heavy atom. The zero-order chi connectivity index (χ0) is 14.2. The Hall–Kier alpha value is -2.24. The number of likely N-dealkylation sites (tertiary alicyclic amines) is 2. The lowest BCUT2D eigenvalue weighted by molar-refractivity contribution is -0.171. The highest BCUT2D eigenvalue weighted by Crippen LogP contribution is 2.32. The molecule has 4 amide bonds. The second-order valence-corrected chi connectivity index (χ2v) is 4.49. The van der Waals surface area contributed by atoms with E-state index in [1.165, 1.54) is 12.2 Å². The molecule has 0 N–H and O–H groups in total. The Labute approximate surface area is 110 Å². The first-order chi connectivity index (χ1) is 9.02. The van der Waals surface area contributed by atoms with Gasteiger partial charge >= 0.3 is 0 Å². The number of nitrogens with zero attached hydrogens (tertiary/aromatic N) is 2. The zero-order valence-electron chi connectivity index (χ0n) is 10.4. The van der Waals surface area contributed by atoms with Crippen LogP contribution in [-0.4, -0.2) is 46.5 Å². The van der Waals surface area contributed by atoms with Gasteiger partial charge in [0.05, 0.1) is 0 Å². The smallest absolute Gasteiger partial charge is 0.242 e. The lowest BCUT2D eigenvalue weighted by atomic mass is 9.82. The largest absolute Gasteiger partial charge is 0.277 e. The molecule has 2 bridgehead atoms. The van der Waals surface area contributed by atoms with Gasteiger partial charge in [-0.3, -0.25) is 29.0 Å². The summed E-state index contributed by atoms with van der Waals surface area (Å²) >= 11 is 0. The average molecular weight is 262 g/mol. The molecule has 0 unspecified atom stereocenters. The summed E-state index contributed by atoms with van der Waals surface area (Å²) in [5.74, 6) is -4.08. The minimum Gasteiger partial charge on any atom is -0.277 e. The van der Waals surface area contributed by atoms with E-state index in [-0.39, 0.29) is 19.5 Å². The first-order valence-corrected chi connectivity index (χ1v) is 5.95. The number of hydrogen-bond acceptors (Lipinski definition) is 4. The quantitative estimate of drug-likeness (QED) is 0.397. The van der Waals surface area contributed by atoms with E-state index in [9.17, 15) is 19.2 Å². The fourth-order valence-corrected chi connectivity index (χ4v) is 2.44. The van der Waals surface area contributed by atoms with Crippen LogP contribution < -0.4 is 0 Å². The summed E-state index contributed by atoms with van der Waals surface area (Å²) in [5, 5.41) is 0. The zero-order valence-corrected chi connectivity index (χ0v) is 10.4. The van der Waals surface area contributed by atoms with Gasteiger partial charge in [-0.15, -0.1) is 13.2 Å². The number of piperidine rings is 2. The third-order valence-corrected chi connectivity index (χ3v) is 3.35. The number of imide groups is 2. The molecular weight excluding hydrogens is 248 g/mol. The van der Waals surface area contributed by atoms with Crippen molar-refractivity contribution in [2.75, 3.05) is 13.1 Å². The van der Waals surface area contributed by atoms with E-state index in [0.717, 1.165) is 9.80 Å². The molecule has 2 heterocycles. The van der Waals surface area contributed by atoms with E-state index in [0.29, 0.717) is 0 Å². The van der Waals surface area contributed by atoms with Crippen molar-refractivity contribution in [1.29, 1.82) is 0 Å². The number of carbonyl (C=O) groups excluding carboxylic acids is 4. The van der Waals surface area contributed by atoms with E-state index in [2.05, 4.69) is 13.2 Å². The van der Waals surface area contributed by atoms with Crippen LogP contribution in [0.4, 0.5) is 0 Å². The van der Waals surface area contributed by atoms with E-state index in [1.54, 1.807) is 0 Å². The van der Waals surface area contributed by atoms with E-state index in [1.807, 2.05) is 0 Å². The molecule has 6 nitrogen and oxygen atoms in total. The van der Waals surface area contributed by atoms with Crippen LogP contribution in [0.5, 0.6) is 0 Å². The lowest BCUT2D eigenvalue weighted by Crippen LogP contribution is -2.63. The molecule has 0 aromatic carbocycles. The van der Waals surface area contributed by atoms with Gasteiger partial charge in [0, 0.05) is 13.1 Å². The third-order valence-electron chi connectivity index (χ3n) is 3.35. The number of fused-ring (bicyclic) bond motifs is 2. The highest BCUT2D eigenvalue weighted by Gasteiger charge is 2.53. The summed E-state index contributed by atoms with van der Waals surface area (Å²) in [6, 6.07) is 0. The van der Waals surface area contributed by atoms with Gasteiger partial charge in [0.2, 0.25) is 23.6 Å². The van der Waals surface area contributed by atoms with Crippen molar-refractivity contribution in [3.05, 3.63) is 25.3 Å². The van der Waals surface area contributed by atoms with Gasteiger partial charge in [0.1, 0.15) is 11.8 Å². The number of hydrogen-bond donors (Lipinski definition) is 0. The lowest BCUT2D eigenvalue weighted by Gasteiger charge is -2.41. The summed E-state index contributed by atoms with van der Waals surface area (Å²) in [4.78, 5) is 50.2. The molecule has 0 saturated carbocycles. The minimum absolute atomic E-state index is 0.0172. The van der Waals surface area contributed by atoms with Crippen LogP contribution in [0.1, 0.15) is 6.42 Å². The predicted octanol–water partition coefficient (Wildman–Crippen LogP) is -0.281. The molecule has 100 valence electrons. The van der Waals surface area contributed by atoms with Gasteiger partial charge in [-0.25, -0.2) is 0 Å².